The molecule has 2 N–H and O–H groups in total. The average Bonchev–Trinajstić information content (AvgIpc) is 2.66. The van der Waals surface area contributed by atoms with Gasteiger partial charge in [-0.25, -0.2) is 0 Å². The number of hydrogen-bond donors (Lipinski definition) is 2. The van der Waals surface area contributed by atoms with Gasteiger partial charge in [0, 0.05) is 32.1 Å². The summed E-state index contributed by atoms with van der Waals surface area (Å²) in [6.45, 7) is 5.13. The first-order valence-corrected chi connectivity index (χ1v) is 9.71. The predicted molar refractivity (Wildman–Crippen MR) is 108 cm³/mol. The fourth-order valence-electron chi connectivity index (χ4n) is 4.00. The van der Waals surface area contributed by atoms with E-state index in [0.717, 1.165) is 5.69 Å². The van der Waals surface area contributed by atoms with E-state index in [1.165, 1.54) is 6.92 Å². The summed E-state index contributed by atoms with van der Waals surface area (Å²) in [6.07, 6.45) is -0.150. The number of carbonyl (C=O) groups excluding carboxylic acids is 2. The molecule has 1 aromatic rings. The molecule has 0 bridgehead atoms. The number of anilines is 1. The zero-order valence-electron chi connectivity index (χ0n) is 17.6. The number of benzene rings is 1. The molecule has 2 rings (SSSR count). The first-order chi connectivity index (χ1) is 13.7. The van der Waals surface area contributed by atoms with Crippen molar-refractivity contribution in [3.8, 4) is 0 Å². The summed E-state index contributed by atoms with van der Waals surface area (Å²) in [4.78, 5) is 27.6. The predicted octanol–water partition coefficient (Wildman–Crippen LogP) is 2.18. The largest absolute Gasteiger partial charge is 0.466 e. The Hall–Kier alpha value is -2.61. The fourth-order valence-corrected chi connectivity index (χ4v) is 4.00. The van der Waals surface area contributed by atoms with Crippen molar-refractivity contribution >= 4 is 23.3 Å². The molecule has 0 aliphatic heterocycles. The summed E-state index contributed by atoms with van der Waals surface area (Å²) >= 11 is 0. The van der Waals surface area contributed by atoms with Crippen LogP contribution in [0.25, 0.3) is 0 Å². The van der Waals surface area contributed by atoms with Gasteiger partial charge in [-0.2, -0.15) is 0 Å². The molecule has 1 saturated carbocycles. The molecule has 1 aromatic carbocycles. The van der Waals surface area contributed by atoms with Crippen molar-refractivity contribution in [3.63, 3.8) is 0 Å². The van der Waals surface area contributed by atoms with E-state index in [9.17, 15) is 19.9 Å². The molecule has 1 aliphatic rings. The molecule has 0 unspecified atom stereocenters. The van der Waals surface area contributed by atoms with E-state index in [1.54, 1.807) is 26.0 Å². The zero-order chi connectivity index (χ0) is 21.8. The highest BCUT2D eigenvalue weighted by Gasteiger charge is 2.56. The molecule has 4 atom stereocenters. The SMILES string of the molecule is CCOC(=O)[C@H]1/C(=N/O)C[C@](C)(O)[C@@H](C(=O)OCC)[C@@H]1c1ccc(N(C)C)cc1. The number of nitrogens with zero attached hydrogens (tertiary/aromatic N) is 2. The lowest BCUT2D eigenvalue weighted by Crippen LogP contribution is -2.55. The van der Waals surface area contributed by atoms with Crippen LogP contribution >= 0.6 is 0 Å². The number of esters is 2. The standard InChI is InChI=1S/C21H30N2O6/c1-6-28-19(24)17-15(22-27)12-21(3,26)18(20(25)29-7-2)16(17)13-8-10-14(11-9-13)23(4)5/h8-11,16-18,26-27H,6-7,12H2,1-5H3/b22-15+/t16-,17+,18-,21+/m1/s1. The minimum atomic E-state index is -1.57. The van der Waals surface area contributed by atoms with Crippen molar-refractivity contribution in [1.82, 2.24) is 0 Å². The van der Waals surface area contributed by atoms with Gasteiger partial charge in [0.1, 0.15) is 5.92 Å². The summed E-state index contributed by atoms with van der Waals surface area (Å²) < 4.78 is 10.4. The van der Waals surface area contributed by atoms with E-state index in [4.69, 9.17) is 9.47 Å². The summed E-state index contributed by atoms with van der Waals surface area (Å²) in [6, 6.07) is 7.32. The van der Waals surface area contributed by atoms with E-state index in [0.29, 0.717) is 5.56 Å². The fraction of sp³-hybridized carbons (Fsp3) is 0.571. The monoisotopic (exact) mass is 406 g/mol. The molecular formula is C21H30N2O6. The van der Waals surface area contributed by atoms with Crippen LogP contribution in [0.3, 0.4) is 0 Å². The molecule has 0 amide bonds. The van der Waals surface area contributed by atoms with Gasteiger partial charge in [-0.15, -0.1) is 0 Å². The number of aliphatic hydroxyl groups is 1. The van der Waals surface area contributed by atoms with E-state index in [-0.39, 0.29) is 25.3 Å². The normalized spacial score (nSPS) is 28.1. The lowest BCUT2D eigenvalue weighted by atomic mass is 9.61. The molecule has 8 heteroatoms. The Balaban J connectivity index is 2.65. The van der Waals surface area contributed by atoms with Gasteiger partial charge in [0.15, 0.2) is 0 Å². The Morgan fingerprint density at radius 1 is 1.14 bits per heavy atom. The van der Waals surface area contributed by atoms with Crippen molar-refractivity contribution in [2.75, 3.05) is 32.2 Å². The summed E-state index contributed by atoms with van der Waals surface area (Å²) in [5.74, 6) is -4.07. The second-order valence-corrected chi connectivity index (χ2v) is 7.60. The zero-order valence-corrected chi connectivity index (χ0v) is 17.6. The highest BCUT2D eigenvalue weighted by molar-refractivity contribution is 6.05. The quantitative estimate of drug-likeness (QED) is 0.423. The minimum absolute atomic E-state index is 0.0793. The maximum atomic E-state index is 12.8. The van der Waals surface area contributed by atoms with E-state index >= 15 is 0 Å². The average molecular weight is 406 g/mol. The van der Waals surface area contributed by atoms with Crippen LogP contribution in [0, 0.1) is 11.8 Å². The molecule has 0 spiro atoms. The smallest absolute Gasteiger partial charge is 0.315 e. The van der Waals surface area contributed by atoms with Crippen LogP contribution in [-0.2, 0) is 19.1 Å². The number of oxime groups is 1. The van der Waals surface area contributed by atoms with E-state index in [1.807, 2.05) is 31.1 Å². The highest BCUT2D eigenvalue weighted by atomic mass is 16.5. The number of ether oxygens (including phenoxy) is 2. The molecule has 0 aromatic heterocycles. The van der Waals surface area contributed by atoms with Crippen molar-refractivity contribution in [1.29, 1.82) is 0 Å². The molecule has 160 valence electrons. The van der Waals surface area contributed by atoms with Crippen molar-refractivity contribution in [2.45, 2.75) is 38.7 Å². The lowest BCUT2D eigenvalue weighted by Gasteiger charge is -2.44. The molecular weight excluding hydrogens is 376 g/mol. The molecule has 1 aliphatic carbocycles. The van der Waals surface area contributed by atoms with Gasteiger partial charge in [0.25, 0.3) is 0 Å². The molecule has 8 nitrogen and oxygen atoms in total. The van der Waals surface area contributed by atoms with Gasteiger partial charge < -0.3 is 24.7 Å². The molecule has 29 heavy (non-hydrogen) atoms. The van der Waals surface area contributed by atoms with E-state index in [2.05, 4.69) is 5.16 Å². The molecule has 1 fully saturated rings. The Morgan fingerprint density at radius 3 is 2.17 bits per heavy atom. The first kappa shape index (κ1) is 22.7. The summed E-state index contributed by atoms with van der Waals surface area (Å²) in [5, 5.41) is 23.9. The summed E-state index contributed by atoms with van der Waals surface area (Å²) in [7, 11) is 3.81. The second kappa shape index (κ2) is 9.26. The van der Waals surface area contributed by atoms with Crippen molar-refractivity contribution in [3.05, 3.63) is 29.8 Å². The van der Waals surface area contributed by atoms with Crippen LogP contribution in [0.2, 0.25) is 0 Å². The van der Waals surface area contributed by atoms with E-state index < -0.39 is 35.3 Å². The van der Waals surface area contributed by atoms with Gasteiger partial charge >= 0.3 is 11.9 Å². The highest BCUT2D eigenvalue weighted by Crippen LogP contribution is 2.47. The van der Waals surface area contributed by atoms with Gasteiger partial charge in [0.2, 0.25) is 0 Å². The van der Waals surface area contributed by atoms with Gasteiger partial charge in [0.05, 0.1) is 30.4 Å². The lowest BCUT2D eigenvalue weighted by molar-refractivity contribution is -0.163. The second-order valence-electron chi connectivity index (χ2n) is 7.60. The van der Waals surface area contributed by atoms with Gasteiger partial charge in [-0.05, 0) is 38.5 Å². The van der Waals surface area contributed by atoms with Crippen LogP contribution < -0.4 is 4.90 Å². The first-order valence-electron chi connectivity index (χ1n) is 9.71. The molecule has 0 heterocycles. The van der Waals surface area contributed by atoms with Crippen LogP contribution in [-0.4, -0.2) is 60.9 Å². The number of rotatable bonds is 6. The van der Waals surface area contributed by atoms with Crippen LogP contribution in [0.15, 0.2) is 29.4 Å². The molecule has 0 radical (unpaired) electrons. The number of hydrogen-bond acceptors (Lipinski definition) is 8. The Morgan fingerprint density at radius 2 is 1.69 bits per heavy atom. The maximum absolute atomic E-state index is 12.8. The summed E-state index contributed by atoms with van der Waals surface area (Å²) in [5.41, 5.74) is 0.0954. The molecule has 0 saturated heterocycles. The number of carbonyl (C=O) groups is 2. The third kappa shape index (κ3) is 4.70. The van der Waals surface area contributed by atoms with Crippen LogP contribution in [0.4, 0.5) is 5.69 Å². The van der Waals surface area contributed by atoms with Crippen LogP contribution in [0.5, 0.6) is 0 Å². The Kier molecular flexibility index (Phi) is 7.24. The Bertz CT molecular complexity index is 757. The third-order valence-electron chi connectivity index (χ3n) is 5.29. The van der Waals surface area contributed by atoms with Crippen molar-refractivity contribution in [2.24, 2.45) is 17.0 Å². The third-order valence-corrected chi connectivity index (χ3v) is 5.29. The maximum Gasteiger partial charge on any atom is 0.315 e. The van der Waals surface area contributed by atoms with Crippen molar-refractivity contribution < 1.29 is 29.4 Å². The van der Waals surface area contributed by atoms with Gasteiger partial charge in [-0.1, -0.05) is 17.3 Å². The van der Waals surface area contributed by atoms with Crippen LogP contribution in [0.1, 0.15) is 38.7 Å². The topological polar surface area (TPSA) is 109 Å². The van der Waals surface area contributed by atoms with Gasteiger partial charge in [-0.3, -0.25) is 9.59 Å². The minimum Gasteiger partial charge on any atom is -0.466 e. The Labute approximate surface area is 171 Å².